The Bertz CT molecular complexity index is 394. The van der Waals surface area contributed by atoms with Gasteiger partial charge in [0, 0.05) is 19.1 Å². The normalized spacial score (nSPS) is 24.6. The Morgan fingerprint density at radius 2 is 2.53 bits per heavy atom. The minimum atomic E-state index is -0.136. The van der Waals surface area contributed by atoms with Gasteiger partial charge < -0.3 is 14.8 Å². The molecular formula is C11H16N2O3S. The van der Waals surface area contributed by atoms with Crippen molar-refractivity contribution in [3.8, 4) is 0 Å². The molecule has 1 aromatic rings. The molecule has 0 radical (unpaired) electrons. The molecule has 0 unspecified atom stereocenters. The van der Waals surface area contributed by atoms with Gasteiger partial charge in [0.15, 0.2) is 0 Å². The largest absolute Gasteiger partial charge is 0.379 e. The molecule has 94 valence electrons. The molecule has 2 atom stereocenters. The topological polar surface area (TPSA) is 60.5 Å². The highest BCUT2D eigenvalue weighted by Crippen LogP contribution is 2.13. The summed E-state index contributed by atoms with van der Waals surface area (Å²) in [5, 5.41) is 5.61. The number of aromatic nitrogens is 1. The summed E-state index contributed by atoms with van der Waals surface area (Å²) in [6, 6.07) is 0.00301. The van der Waals surface area contributed by atoms with E-state index in [1.165, 1.54) is 11.3 Å². The van der Waals surface area contributed by atoms with Crippen molar-refractivity contribution in [2.24, 2.45) is 0 Å². The van der Waals surface area contributed by atoms with Gasteiger partial charge in [-0.25, -0.2) is 4.98 Å². The number of aryl methyl sites for hydroxylation is 1. The Morgan fingerprint density at radius 1 is 1.71 bits per heavy atom. The average Bonchev–Trinajstić information content (AvgIpc) is 2.77. The molecule has 1 fully saturated rings. The molecular weight excluding hydrogens is 240 g/mol. The van der Waals surface area contributed by atoms with Crippen LogP contribution in [-0.4, -0.2) is 43.4 Å². The molecule has 17 heavy (non-hydrogen) atoms. The van der Waals surface area contributed by atoms with Crippen molar-refractivity contribution < 1.29 is 14.3 Å². The monoisotopic (exact) mass is 256 g/mol. The van der Waals surface area contributed by atoms with E-state index >= 15 is 0 Å². The Labute approximate surface area is 104 Å². The predicted octanol–water partition coefficient (Wildman–Crippen LogP) is 0.985. The molecule has 6 heteroatoms. The van der Waals surface area contributed by atoms with Crippen molar-refractivity contribution in [2.75, 3.05) is 20.3 Å². The predicted molar refractivity (Wildman–Crippen MR) is 64.3 cm³/mol. The lowest BCUT2D eigenvalue weighted by atomic mass is 10.1. The van der Waals surface area contributed by atoms with Crippen LogP contribution in [0.2, 0.25) is 0 Å². The van der Waals surface area contributed by atoms with E-state index < -0.39 is 0 Å². The zero-order valence-corrected chi connectivity index (χ0v) is 10.8. The molecule has 1 saturated heterocycles. The first-order chi connectivity index (χ1) is 8.20. The molecule has 0 aromatic carbocycles. The maximum atomic E-state index is 11.9. The molecule has 0 aliphatic carbocycles. The van der Waals surface area contributed by atoms with Crippen LogP contribution < -0.4 is 5.32 Å². The lowest BCUT2D eigenvalue weighted by Crippen LogP contribution is -2.49. The number of nitrogens with one attached hydrogen (secondary N) is 1. The van der Waals surface area contributed by atoms with Gasteiger partial charge >= 0.3 is 0 Å². The Morgan fingerprint density at radius 3 is 3.18 bits per heavy atom. The van der Waals surface area contributed by atoms with Gasteiger partial charge in [-0.15, -0.1) is 11.3 Å². The quantitative estimate of drug-likeness (QED) is 0.876. The van der Waals surface area contributed by atoms with E-state index in [-0.39, 0.29) is 18.1 Å². The highest BCUT2D eigenvalue weighted by Gasteiger charge is 2.27. The van der Waals surface area contributed by atoms with Gasteiger partial charge in [0.1, 0.15) is 11.8 Å². The van der Waals surface area contributed by atoms with Crippen molar-refractivity contribution in [1.82, 2.24) is 10.3 Å². The van der Waals surface area contributed by atoms with Crippen LogP contribution in [0, 0.1) is 6.92 Å². The minimum absolute atomic E-state index is 0.00301. The summed E-state index contributed by atoms with van der Waals surface area (Å²) in [6.07, 6.45) is 0.695. The molecule has 1 aromatic heterocycles. The SMILES string of the molecule is CO[C@@H]1COCC[C@H]1NC(=O)c1csc(C)n1. The molecule has 5 nitrogen and oxygen atoms in total. The lowest BCUT2D eigenvalue weighted by Gasteiger charge is -2.30. The van der Waals surface area contributed by atoms with Crippen LogP contribution in [0.3, 0.4) is 0 Å². The third-order valence-electron chi connectivity index (χ3n) is 2.77. The van der Waals surface area contributed by atoms with Crippen molar-refractivity contribution in [2.45, 2.75) is 25.5 Å². The number of rotatable bonds is 3. The molecule has 2 rings (SSSR count). The zero-order chi connectivity index (χ0) is 12.3. The third kappa shape index (κ3) is 3.02. The van der Waals surface area contributed by atoms with Gasteiger partial charge in [-0.05, 0) is 13.3 Å². The van der Waals surface area contributed by atoms with Crippen LogP contribution in [0.5, 0.6) is 0 Å². The van der Waals surface area contributed by atoms with E-state index in [1.807, 2.05) is 6.92 Å². The summed E-state index contributed by atoms with van der Waals surface area (Å²) in [5.41, 5.74) is 0.480. The van der Waals surface area contributed by atoms with Gasteiger partial charge in [-0.2, -0.15) is 0 Å². The van der Waals surface area contributed by atoms with Gasteiger partial charge in [0.05, 0.1) is 17.7 Å². The number of methoxy groups -OCH3 is 1. The maximum absolute atomic E-state index is 11.9. The molecule has 1 aliphatic heterocycles. The van der Waals surface area contributed by atoms with Crippen LogP contribution in [0.4, 0.5) is 0 Å². The molecule has 0 bridgehead atoms. The Kier molecular flexibility index (Phi) is 4.09. The van der Waals surface area contributed by atoms with E-state index in [4.69, 9.17) is 9.47 Å². The van der Waals surface area contributed by atoms with Gasteiger partial charge in [0.25, 0.3) is 5.91 Å². The summed E-state index contributed by atoms with van der Waals surface area (Å²) < 4.78 is 10.6. The number of hydrogen-bond acceptors (Lipinski definition) is 5. The highest BCUT2D eigenvalue weighted by molar-refractivity contribution is 7.09. The number of ether oxygens (including phenoxy) is 2. The third-order valence-corrected chi connectivity index (χ3v) is 3.55. The smallest absolute Gasteiger partial charge is 0.271 e. The number of hydrogen-bond donors (Lipinski definition) is 1. The Balaban J connectivity index is 1.97. The van der Waals surface area contributed by atoms with Crippen LogP contribution in [0.25, 0.3) is 0 Å². The van der Waals surface area contributed by atoms with E-state index in [1.54, 1.807) is 12.5 Å². The summed E-state index contributed by atoms with van der Waals surface area (Å²) in [6.45, 7) is 3.06. The summed E-state index contributed by atoms with van der Waals surface area (Å²) in [5.74, 6) is -0.136. The fraction of sp³-hybridized carbons (Fsp3) is 0.636. The molecule has 2 heterocycles. The molecule has 1 aliphatic rings. The molecule has 0 saturated carbocycles. The fourth-order valence-corrected chi connectivity index (χ4v) is 2.41. The lowest BCUT2D eigenvalue weighted by molar-refractivity contribution is -0.0479. The summed E-state index contributed by atoms with van der Waals surface area (Å²) >= 11 is 1.47. The fourth-order valence-electron chi connectivity index (χ4n) is 1.82. The first-order valence-corrected chi connectivity index (χ1v) is 6.42. The number of amides is 1. The van der Waals surface area contributed by atoms with E-state index in [0.717, 1.165) is 11.4 Å². The number of nitrogens with zero attached hydrogens (tertiary/aromatic N) is 1. The number of carbonyl (C=O) groups is 1. The zero-order valence-electron chi connectivity index (χ0n) is 9.93. The van der Waals surface area contributed by atoms with E-state index in [9.17, 15) is 4.79 Å². The first-order valence-electron chi connectivity index (χ1n) is 5.54. The Hall–Kier alpha value is -0.980. The number of thiazole rings is 1. The van der Waals surface area contributed by atoms with E-state index in [2.05, 4.69) is 10.3 Å². The number of carbonyl (C=O) groups excluding carboxylic acids is 1. The van der Waals surface area contributed by atoms with Crippen LogP contribution in [-0.2, 0) is 9.47 Å². The maximum Gasteiger partial charge on any atom is 0.271 e. The summed E-state index contributed by atoms with van der Waals surface area (Å²) in [7, 11) is 1.63. The second-order valence-corrected chi connectivity index (χ2v) is 5.03. The van der Waals surface area contributed by atoms with Gasteiger partial charge in [-0.3, -0.25) is 4.79 Å². The van der Waals surface area contributed by atoms with Crippen molar-refractivity contribution in [3.05, 3.63) is 16.1 Å². The van der Waals surface area contributed by atoms with Crippen molar-refractivity contribution >= 4 is 17.2 Å². The standard InChI is InChI=1S/C11H16N2O3S/c1-7-12-9(6-17-7)11(14)13-8-3-4-16-5-10(8)15-2/h6,8,10H,3-5H2,1-2H3,(H,13,14)/t8-,10-/m1/s1. The van der Waals surface area contributed by atoms with Gasteiger partial charge in [-0.1, -0.05) is 0 Å². The second-order valence-electron chi connectivity index (χ2n) is 3.97. The molecule has 1 N–H and O–H groups in total. The average molecular weight is 256 g/mol. The van der Waals surface area contributed by atoms with Gasteiger partial charge in [0.2, 0.25) is 0 Å². The van der Waals surface area contributed by atoms with Crippen LogP contribution in [0.15, 0.2) is 5.38 Å². The highest BCUT2D eigenvalue weighted by atomic mass is 32.1. The summed E-state index contributed by atoms with van der Waals surface area (Å²) in [4.78, 5) is 16.1. The molecule has 0 spiro atoms. The van der Waals surface area contributed by atoms with Crippen molar-refractivity contribution in [3.63, 3.8) is 0 Å². The molecule has 1 amide bonds. The van der Waals surface area contributed by atoms with Crippen molar-refractivity contribution in [1.29, 1.82) is 0 Å². The first kappa shape index (κ1) is 12.5. The minimum Gasteiger partial charge on any atom is -0.379 e. The van der Waals surface area contributed by atoms with Crippen LogP contribution in [0.1, 0.15) is 21.9 Å². The second kappa shape index (κ2) is 5.57. The van der Waals surface area contributed by atoms with Crippen LogP contribution >= 0.6 is 11.3 Å². The van der Waals surface area contributed by atoms with E-state index in [0.29, 0.717) is 18.9 Å².